The largest absolute Gasteiger partial charge is 0.508 e. The molecule has 0 saturated heterocycles. The predicted octanol–water partition coefficient (Wildman–Crippen LogP) is 2.99. The normalized spacial score (nSPS) is 14.8. The Morgan fingerprint density at radius 1 is 1.04 bits per heavy atom. The number of carbonyl (C=O) groups is 2. The van der Waals surface area contributed by atoms with E-state index in [0.29, 0.717) is 16.9 Å². The van der Waals surface area contributed by atoms with Crippen molar-refractivity contribution in [3.05, 3.63) is 53.6 Å². The van der Waals surface area contributed by atoms with E-state index in [0.717, 1.165) is 18.4 Å². The molecule has 1 saturated carbocycles. The van der Waals surface area contributed by atoms with Gasteiger partial charge in [-0.05, 0) is 69.8 Å². The van der Waals surface area contributed by atoms with E-state index in [1.165, 1.54) is 6.07 Å². The number of rotatable bonds is 5. The second-order valence-electron chi connectivity index (χ2n) is 6.91. The summed E-state index contributed by atoms with van der Waals surface area (Å²) in [6.07, 6.45) is 1.69. The molecule has 26 heavy (non-hydrogen) atoms. The van der Waals surface area contributed by atoms with Crippen molar-refractivity contribution in [2.45, 2.75) is 25.3 Å². The van der Waals surface area contributed by atoms with E-state index in [9.17, 15) is 14.7 Å². The number of nitrogens with zero attached hydrogens (tertiary/aromatic N) is 1. The van der Waals surface area contributed by atoms with Gasteiger partial charge in [0.15, 0.2) is 0 Å². The molecule has 0 spiro atoms. The minimum atomic E-state index is -0.419. The average molecular weight is 353 g/mol. The highest BCUT2D eigenvalue weighted by Crippen LogP contribution is 2.41. The summed E-state index contributed by atoms with van der Waals surface area (Å²) in [6, 6.07) is 11.7. The lowest BCUT2D eigenvalue weighted by Crippen LogP contribution is -2.42. The van der Waals surface area contributed by atoms with Crippen LogP contribution in [0.1, 0.15) is 28.8 Å². The SMILES string of the molecule is Cc1ccc(O)cc1C(=O)Nc1cccc(NC(=O)C2(N(C)C)CC2)c1. The summed E-state index contributed by atoms with van der Waals surface area (Å²) in [5, 5.41) is 15.3. The van der Waals surface area contributed by atoms with Gasteiger partial charge in [-0.1, -0.05) is 12.1 Å². The first-order chi connectivity index (χ1) is 12.3. The molecule has 6 nitrogen and oxygen atoms in total. The molecule has 2 amide bonds. The Kier molecular flexibility index (Phi) is 4.70. The molecule has 1 aliphatic rings. The van der Waals surface area contributed by atoms with Gasteiger partial charge in [0, 0.05) is 16.9 Å². The highest BCUT2D eigenvalue weighted by Gasteiger charge is 2.51. The Morgan fingerprint density at radius 2 is 1.69 bits per heavy atom. The highest BCUT2D eigenvalue weighted by atomic mass is 16.3. The summed E-state index contributed by atoms with van der Waals surface area (Å²) in [4.78, 5) is 26.9. The van der Waals surface area contributed by atoms with Crippen LogP contribution in [0.25, 0.3) is 0 Å². The number of aryl methyl sites for hydroxylation is 1. The molecule has 3 rings (SSSR count). The van der Waals surface area contributed by atoms with Crippen LogP contribution in [0.15, 0.2) is 42.5 Å². The van der Waals surface area contributed by atoms with Gasteiger partial charge in [0.1, 0.15) is 11.3 Å². The summed E-state index contributed by atoms with van der Waals surface area (Å²) >= 11 is 0. The van der Waals surface area contributed by atoms with Crippen molar-refractivity contribution in [3.8, 4) is 5.75 Å². The Bertz CT molecular complexity index is 857. The van der Waals surface area contributed by atoms with Crippen LogP contribution in [0.4, 0.5) is 11.4 Å². The fourth-order valence-electron chi connectivity index (χ4n) is 2.97. The minimum absolute atomic E-state index is 0.0326. The molecule has 0 aromatic heterocycles. The zero-order valence-electron chi connectivity index (χ0n) is 15.2. The molecule has 1 aliphatic carbocycles. The van der Waals surface area contributed by atoms with Crippen LogP contribution in [-0.2, 0) is 4.79 Å². The van der Waals surface area contributed by atoms with Gasteiger partial charge < -0.3 is 15.7 Å². The van der Waals surface area contributed by atoms with Crippen molar-refractivity contribution < 1.29 is 14.7 Å². The van der Waals surface area contributed by atoms with Crippen LogP contribution in [0, 0.1) is 6.92 Å². The molecule has 6 heteroatoms. The zero-order valence-corrected chi connectivity index (χ0v) is 15.2. The van der Waals surface area contributed by atoms with E-state index in [2.05, 4.69) is 10.6 Å². The lowest BCUT2D eigenvalue weighted by molar-refractivity contribution is -0.121. The van der Waals surface area contributed by atoms with Crippen molar-refractivity contribution in [2.75, 3.05) is 24.7 Å². The molecule has 0 bridgehead atoms. The molecule has 0 radical (unpaired) electrons. The summed E-state index contributed by atoms with van der Waals surface area (Å²) in [7, 11) is 3.81. The lowest BCUT2D eigenvalue weighted by Gasteiger charge is -2.22. The summed E-state index contributed by atoms with van der Waals surface area (Å²) in [5.41, 5.74) is 1.96. The number of phenolic OH excluding ortho intramolecular Hbond substituents is 1. The van der Waals surface area contributed by atoms with E-state index < -0.39 is 5.54 Å². The highest BCUT2D eigenvalue weighted by molar-refractivity contribution is 6.06. The number of carbonyl (C=O) groups excluding carboxylic acids is 2. The Hall–Kier alpha value is -2.86. The molecule has 0 atom stereocenters. The fraction of sp³-hybridized carbons (Fsp3) is 0.300. The fourth-order valence-corrected chi connectivity index (χ4v) is 2.97. The molecule has 0 heterocycles. The predicted molar refractivity (Wildman–Crippen MR) is 102 cm³/mol. The van der Waals surface area contributed by atoms with Crippen molar-refractivity contribution in [1.82, 2.24) is 4.90 Å². The Labute approximate surface area is 152 Å². The van der Waals surface area contributed by atoms with Crippen LogP contribution in [-0.4, -0.2) is 41.5 Å². The minimum Gasteiger partial charge on any atom is -0.508 e. The van der Waals surface area contributed by atoms with E-state index in [4.69, 9.17) is 0 Å². The summed E-state index contributed by atoms with van der Waals surface area (Å²) < 4.78 is 0. The van der Waals surface area contributed by atoms with Crippen molar-refractivity contribution >= 4 is 23.2 Å². The molecular formula is C20H23N3O3. The average Bonchev–Trinajstić information content (AvgIpc) is 3.39. The van der Waals surface area contributed by atoms with Gasteiger partial charge >= 0.3 is 0 Å². The Morgan fingerprint density at radius 3 is 2.31 bits per heavy atom. The number of hydrogen-bond acceptors (Lipinski definition) is 4. The molecule has 1 fully saturated rings. The van der Waals surface area contributed by atoms with E-state index in [1.807, 2.05) is 19.0 Å². The van der Waals surface area contributed by atoms with Gasteiger partial charge in [-0.3, -0.25) is 14.5 Å². The summed E-state index contributed by atoms with van der Waals surface area (Å²) in [6.45, 7) is 1.81. The van der Waals surface area contributed by atoms with Crippen LogP contribution < -0.4 is 10.6 Å². The van der Waals surface area contributed by atoms with Crippen LogP contribution in [0.2, 0.25) is 0 Å². The number of phenols is 1. The number of benzene rings is 2. The Balaban J connectivity index is 1.72. The number of aromatic hydroxyl groups is 1. The molecule has 3 N–H and O–H groups in total. The molecule has 0 aliphatic heterocycles. The second kappa shape index (κ2) is 6.80. The molecular weight excluding hydrogens is 330 g/mol. The topological polar surface area (TPSA) is 81.7 Å². The third-order valence-corrected chi connectivity index (χ3v) is 4.85. The molecule has 136 valence electrons. The van der Waals surface area contributed by atoms with E-state index in [-0.39, 0.29) is 17.6 Å². The zero-order chi connectivity index (χ0) is 18.9. The number of amides is 2. The lowest BCUT2D eigenvalue weighted by atomic mass is 10.1. The van der Waals surface area contributed by atoms with Crippen LogP contribution >= 0.6 is 0 Å². The molecule has 0 unspecified atom stereocenters. The summed E-state index contributed by atoms with van der Waals surface area (Å²) in [5.74, 6) is -0.302. The third-order valence-electron chi connectivity index (χ3n) is 4.85. The third kappa shape index (κ3) is 3.55. The number of anilines is 2. The number of hydrogen-bond donors (Lipinski definition) is 3. The van der Waals surface area contributed by atoms with Crippen LogP contribution in [0.3, 0.4) is 0 Å². The van der Waals surface area contributed by atoms with Gasteiger partial charge in [0.2, 0.25) is 5.91 Å². The smallest absolute Gasteiger partial charge is 0.256 e. The number of likely N-dealkylation sites (N-methyl/N-ethyl adjacent to an activating group) is 1. The van der Waals surface area contributed by atoms with Gasteiger partial charge in [0.05, 0.1) is 0 Å². The van der Waals surface area contributed by atoms with Crippen molar-refractivity contribution in [1.29, 1.82) is 0 Å². The maximum absolute atomic E-state index is 12.5. The first-order valence-electron chi connectivity index (χ1n) is 8.52. The van der Waals surface area contributed by atoms with E-state index in [1.54, 1.807) is 43.3 Å². The first kappa shape index (κ1) is 17.9. The standard InChI is InChI=1S/C20H23N3O3/c1-13-7-8-16(24)12-17(13)18(25)21-14-5-4-6-15(11-14)22-19(26)20(9-10-20)23(2)3/h4-8,11-12,24H,9-10H2,1-3H3,(H,21,25)(H,22,26). The van der Waals surface area contributed by atoms with Crippen LogP contribution in [0.5, 0.6) is 5.75 Å². The maximum Gasteiger partial charge on any atom is 0.256 e. The molecule has 2 aromatic carbocycles. The van der Waals surface area contributed by atoms with Gasteiger partial charge in [-0.25, -0.2) is 0 Å². The van der Waals surface area contributed by atoms with E-state index >= 15 is 0 Å². The van der Waals surface area contributed by atoms with Gasteiger partial charge in [0.25, 0.3) is 5.91 Å². The van der Waals surface area contributed by atoms with Crippen molar-refractivity contribution in [2.24, 2.45) is 0 Å². The monoisotopic (exact) mass is 353 g/mol. The van der Waals surface area contributed by atoms with Gasteiger partial charge in [-0.15, -0.1) is 0 Å². The maximum atomic E-state index is 12.5. The van der Waals surface area contributed by atoms with Crippen molar-refractivity contribution in [3.63, 3.8) is 0 Å². The second-order valence-corrected chi connectivity index (χ2v) is 6.91. The van der Waals surface area contributed by atoms with Gasteiger partial charge in [-0.2, -0.15) is 0 Å². The first-order valence-corrected chi connectivity index (χ1v) is 8.52. The quantitative estimate of drug-likeness (QED) is 0.772. The molecule has 2 aromatic rings. The number of nitrogens with one attached hydrogen (secondary N) is 2.